The molecule has 1 aliphatic heterocycles. The normalized spacial score (nSPS) is 21.2. The van der Waals surface area contributed by atoms with Crippen LogP contribution in [0.1, 0.15) is 29.9 Å². The summed E-state index contributed by atoms with van der Waals surface area (Å²) in [5.41, 5.74) is 1.07. The molecule has 114 valence electrons. The second-order valence-corrected chi connectivity index (χ2v) is 6.12. The average Bonchev–Trinajstić information content (AvgIpc) is 3.17. The largest absolute Gasteiger partial charge is 0.755 e. The van der Waals surface area contributed by atoms with Crippen molar-refractivity contribution in [2.24, 2.45) is 0 Å². The summed E-state index contributed by atoms with van der Waals surface area (Å²) in [5.74, 6) is 0.460. The SMILES string of the molecule is COc1ccc(C2COC2)cc1C1(C(=O)NS(=O)[O-])CC1. The van der Waals surface area contributed by atoms with Crippen molar-refractivity contribution >= 4 is 17.2 Å². The predicted molar refractivity (Wildman–Crippen MR) is 74.5 cm³/mol. The van der Waals surface area contributed by atoms with E-state index in [1.54, 1.807) is 7.11 Å². The van der Waals surface area contributed by atoms with Crippen molar-refractivity contribution in [3.63, 3.8) is 0 Å². The first kappa shape index (κ1) is 14.5. The van der Waals surface area contributed by atoms with E-state index in [0.717, 1.165) is 11.1 Å². The number of carbonyl (C=O) groups excluding carboxylic acids is 1. The van der Waals surface area contributed by atoms with E-state index in [4.69, 9.17) is 9.47 Å². The molecular formula is C14H16NO5S-. The van der Waals surface area contributed by atoms with Crippen molar-refractivity contribution in [3.05, 3.63) is 29.3 Å². The van der Waals surface area contributed by atoms with Crippen molar-refractivity contribution in [3.8, 4) is 5.75 Å². The van der Waals surface area contributed by atoms with Crippen molar-refractivity contribution in [1.82, 2.24) is 4.72 Å². The zero-order chi connectivity index (χ0) is 15.0. The lowest BCUT2D eigenvalue weighted by atomic mass is 9.88. The Hall–Kier alpha value is -1.44. The topological polar surface area (TPSA) is 87.7 Å². The van der Waals surface area contributed by atoms with Gasteiger partial charge in [0.1, 0.15) is 5.75 Å². The van der Waals surface area contributed by atoms with Crippen LogP contribution in [-0.2, 0) is 26.2 Å². The van der Waals surface area contributed by atoms with E-state index in [1.807, 2.05) is 22.9 Å². The van der Waals surface area contributed by atoms with Crippen LogP contribution in [0.2, 0.25) is 0 Å². The molecule has 0 bridgehead atoms. The minimum Gasteiger partial charge on any atom is -0.755 e. The highest BCUT2D eigenvalue weighted by molar-refractivity contribution is 7.77. The number of amides is 1. The highest BCUT2D eigenvalue weighted by atomic mass is 32.2. The quantitative estimate of drug-likeness (QED) is 0.811. The minimum absolute atomic E-state index is 0.335. The number of nitrogens with one attached hydrogen (secondary N) is 1. The van der Waals surface area contributed by atoms with Crippen molar-refractivity contribution in [2.75, 3.05) is 20.3 Å². The number of methoxy groups -OCH3 is 1. The summed E-state index contributed by atoms with van der Waals surface area (Å²) in [6.07, 6.45) is 1.24. The number of rotatable bonds is 5. The number of hydrogen-bond acceptors (Lipinski definition) is 5. The molecule has 0 spiro atoms. The molecule has 3 rings (SSSR count). The number of carbonyl (C=O) groups is 1. The van der Waals surface area contributed by atoms with Crippen LogP contribution in [0.4, 0.5) is 0 Å². The maximum Gasteiger partial charge on any atom is 0.241 e. The van der Waals surface area contributed by atoms with Crippen LogP contribution >= 0.6 is 0 Å². The van der Waals surface area contributed by atoms with E-state index in [-0.39, 0.29) is 0 Å². The Morgan fingerprint density at radius 1 is 1.48 bits per heavy atom. The van der Waals surface area contributed by atoms with Crippen molar-refractivity contribution in [1.29, 1.82) is 0 Å². The van der Waals surface area contributed by atoms with Crippen molar-refractivity contribution in [2.45, 2.75) is 24.2 Å². The molecule has 1 aromatic carbocycles. The molecule has 6 nitrogen and oxygen atoms in total. The fourth-order valence-corrected chi connectivity index (χ4v) is 3.05. The molecule has 1 saturated carbocycles. The smallest absolute Gasteiger partial charge is 0.241 e. The van der Waals surface area contributed by atoms with Crippen LogP contribution < -0.4 is 9.46 Å². The molecule has 0 aromatic heterocycles. The number of ether oxygens (including phenoxy) is 2. The molecule has 7 heteroatoms. The van der Waals surface area contributed by atoms with E-state index in [2.05, 4.69) is 0 Å². The second kappa shape index (κ2) is 5.40. The van der Waals surface area contributed by atoms with Gasteiger partial charge < -0.3 is 14.0 Å². The second-order valence-electron chi connectivity index (χ2n) is 5.44. The molecule has 1 amide bonds. The van der Waals surface area contributed by atoms with Gasteiger partial charge in [-0.2, -0.15) is 0 Å². The Morgan fingerprint density at radius 3 is 2.67 bits per heavy atom. The first-order chi connectivity index (χ1) is 10.1. The zero-order valence-electron chi connectivity index (χ0n) is 11.6. The van der Waals surface area contributed by atoms with Crippen LogP contribution in [0.25, 0.3) is 0 Å². The van der Waals surface area contributed by atoms with Gasteiger partial charge in [0.05, 0.1) is 25.7 Å². The highest BCUT2D eigenvalue weighted by Gasteiger charge is 2.53. The minimum atomic E-state index is -2.60. The Morgan fingerprint density at radius 2 is 2.19 bits per heavy atom. The summed E-state index contributed by atoms with van der Waals surface area (Å²) in [4.78, 5) is 12.2. The molecular weight excluding hydrogens is 294 g/mol. The summed E-state index contributed by atoms with van der Waals surface area (Å²) >= 11 is -2.60. The fourth-order valence-electron chi connectivity index (χ4n) is 2.70. The van der Waals surface area contributed by atoms with Gasteiger partial charge in [0.2, 0.25) is 5.91 Å². The Labute approximate surface area is 125 Å². The molecule has 1 heterocycles. The highest BCUT2D eigenvalue weighted by Crippen LogP contribution is 2.52. The molecule has 2 fully saturated rings. The standard InChI is InChI=1S/C14H17NO5S/c1-19-12-3-2-9(10-7-20-8-10)6-11(12)14(4-5-14)13(16)15-21(17)18/h2-3,6,10H,4-5,7-8H2,1H3,(H,15,16)(H,17,18)/p-1. The van der Waals surface area contributed by atoms with Gasteiger partial charge in [-0.25, -0.2) is 0 Å². The zero-order valence-corrected chi connectivity index (χ0v) is 12.4. The monoisotopic (exact) mass is 310 g/mol. The maximum atomic E-state index is 12.2. The van der Waals surface area contributed by atoms with Gasteiger partial charge in [0.15, 0.2) is 0 Å². The van der Waals surface area contributed by atoms with Gasteiger partial charge >= 0.3 is 0 Å². The summed E-state index contributed by atoms with van der Waals surface area (Å²) in [6.45, 7) is 1.35. The molecule has 1 atom stereocenters. The summed E-state index contributed by atoms with van der Waals surface area (Å²) in [7, 11) is 1.55. The summed E-state index contributed by atoms with van der Waals surface area (Å²) < 4.78 is 34.0. The molecule has 1 N–H and O–H groups in total. The lowest BCUT2D eigenvalue weighted by Crippen LogP contribution is -2.36. The summed E-state index contributed by atoms with van der Waals surface area (Å²) in [6, 6.07) is 5.76. The van der Waals surface area contributed by atoms with E-state index in [9.17, 15) is 13.6 Å². The van der Waals surface area contributed by atoms with E-state index in [0.29, 0.717) is 37.7 Å². The Bertz CT molecular complexity index is 595. The van der Waals surface area contributed by atoms with E-state index >= 15 is 0 Å². The predicted octanol–water partition coefficient (Wildman–Crippen LogP) is 0.751. The maximum absolute atomic E-state index is 12.2. The third-order valence-electron chi connectivity index (χ3n) is 4.21. The lowest BCUT2D eigenvalue weighted by molar-refractivity contribution is -0.121. The third-order valence-corrected chi connectivity index (χ3v) is 4.56. The average molecular weight is 310 g/mol. The molecule has 1 saturated heterocycles. The molecule has 1 unspecified atom stereocenters. The fraction of sp³-hybridized carbons (Fsp3) is 0.500. The Kier molecular flexibility index (Phi) is 3.73. The van der Waals surface area contributed by atoms with Gasteiger partial charge in [0.25, 0.3) is 0 Å². The van der Waals surface area contributed by atoms with Gasteiger partial charge in [0, 0.05) is 22.7 Å². The van der Waals surface area contributed by atoms with Crippen LogP contribution in [-0.4, -0.2) is 35.0 Å². The van der Waals surface area contributed by atoms with Gasteiger partial charge in [-0.05, 0) is 24.5 Å². The van der Waals surface area contributed by atoms with Gasteiger partial charge in [-0.1, -0.05) is 12.1 Å². The van der Waals surface area contributed by atoms with Crippen LogP contribution in [0, 0.1) is 0 Å². The molecule has 1 aliphatic carbocycles. The number of hydrogen-bond donors (Lipinski definition) is 1. The molecule has 0 radical (unpaired) electrons. The van der Waals surface area contributed by atoms with Gasteiger partial charge in [-0.15, -0.1) is 0 Å². The van der Waals surface area contributed by atoms with E-state index in [1.165, 1.54) is 0 Å². The molecule has 2 aliphatic rings. The Balaban J connectivity index is 1.95. The number of benzene rings is 1. The van der Waals surface area contributed by atoms with Crippen LogP contribution in [0.15, 0.2) is 18.2 Å². The molecule has 21 heavy (non-hydrogen) atoms. The van der Waals surface area contributed by atoms with Crippen molar-refractivity contribution < 1.29 is 23.0 Å². The van der Waals surface area contributed by atoms with Crippen LogP contribution in [0.5, 0.6) is 5.75 Å². The first-order valence-corrected chi connectivity index (χ1v) is 7.81. The third kappa shape index (κ3) is 2.56. The molecule has 1 aromatic rings. The first-order valence-electron chi connectivity index (χ1n) is 6.73. The summed E-state index contributed by atoms with van der Waals surface area (Å²) in [5, 5.41) is 0. The van der Waals surface area contributed by atoms with Gasteiger partial charge in [-0.3, -0.25) is 13.7 Å². The lowest BCUT2D eigenvalue weighted by Gasteiger charge is -2.28. The van der Waals surface area contributed by atoms with Crippen LogP contribution in [0.3, 0.4) is 0 Å². The van der Waals surface area contributed by atoms with E-state index < -0.39 is 22.6 Å².